The van der Waals surface area contributed by atoms with Crippen molar-refractivity contribution < 1.29 is 0 Å². The first-order chi connectivity index (χ1) is 9.63. The summed E-state index contributed by atoms with van der Waals surface area (Å²) in [5.41, 5.74) is 4.26. The van der Waals surface area contributed by atoms with Gasteiger partial charge in [0, 0.05) is 37.4 Å². The van der Waals surface area contributed by atoms with Crippen LogP contribution in [0, 0.1) is 6.92 Å². The minimum absolute atomic E-state index is 0.700. The van der Waals surface area contributed by atoms with Crippen molar-refractivity contribution in [2.45, 2.75) is 44.8 Å². The standard InChI is InChI=1S/C17H27N3/c1-13-10-14(11-18-15-5-6-15)4-7-17(13)20-9-8-16(12-20)19(2)3/h4,7,10,15-16,18H,5-6,8-9,11-12H2,1-3H3. The third kappa shape index (κ3) is 3.15. The van der Waals surface area contributed by atoms with Gasteiger partial charge in [-0.1, -0.05) is 12.1 Å². The fourth-order valence-electron chi connectivity index (χ4n) is 3.11. The number of likely N-dealkylation sites (N-methyl/N-ethyl adjacent to an activating group) is 1. The first-order valence-electron chi connectivity index (χ1n) is 7.88. The van der Waals surface area contributed by atoms with E-state index >= 15 is 0 Å². The highest BCUT2D eigenvalue weighted by molar-refractivity contribution is 5.55. The van der Waals surface area contributed by atoms with Crippen molar-refractivity contribution in [3.05, 3.63) is 29.3 Å². The van der Waals surface area contributed by atoms with Crippen LogP contribution in [0.5, 0.6) is 0 Å². The highest BCUT2D eigenvalue weighted by atomic mass is 15.2. The summed E-state index contributed by atoms with van der Waals surface area (Å²) in [7, 11) is 4.38. The number of nitrogens with zero attached hydrogens (tertiary/aromatic N) is 2. The molecule has 2 aliphatic rings. The molecule has 1 aromatic carbocycles. The third-order valence-corrected chi connectivity index (χ3v) is 4.67. The summed E-state index contributed by atoms with van der Waals surface area (Å²) in [4.78, 5) is 4.89. The molecule has 1 aliphatic heterocycles. The zero-order valence-corrected chi connectivity index (χ0v) is 13.0. The van der Waals surface area contributed by atoms with Gasteiger partial charge in [-0.2, -0.15) is 0 Å². The number of hydrogen-bond donors (Lipinski definition) is 1. The third-order valence-electron chi connectivity index (χ3n) is 4.67. The Kier molecular flexibility index (Phi) is 3.99. The molecule has 1 saturated carbocycles. The summed E-state index contributed by atoms with van der Waals surface area (Å²) < 4.78 is 0. The first kappa shape index (κ1) is 13.9. The summed E-state index contributed by atoms with van der Waals surface area (Å²) in [6.45, 7) is 5.61. The molecule has 0 amide bonds. The fourth-order valence-corrected chi connectivity index (χ4v) is 3.11. The maximum atomic E-state index is 3.59. The number of anilines is 1. The lowest BCUT2D eigenvalue weighted by Gasteiger charge is -2.23. The van der Waals surface area contributed by atoms with Gasteiger partial charge < -0.3 is 15.1 Å². The summed E-state index contributed by atoms with van der Waals surface area (Å²) in [5.74, 6) is 0. The number of nitrogens with one attached hydrogen (secondary N) is 1. The number of hydrogen-bond acceptors (Lipinski definition) is 3. The smallest absolute Gasteiger partial charge is 0.0396 e. The molecule has 3 rings (SSSR count). The summed E-state index contributed by atoms with van der Waals surface area (Å²) >= 11 is 0. The lowest BCUT2D eigenvalue weighted by atomic mass is 10.1. The van der Waals surface area contributed by atoms with Crippen LogP contribution in [0.25, 0.3) is 0 Å². The van der Waals surface area contributed by atoms with E-state index in [2.05, 4.69) is 54.3 Å². The van der Waals surface area contributed by atoms with E-state index in [1.165, 1.54) is 42.6 Å². The Morgan fingerprint density at radius 2 is 2.05 bits per heavy atom. The van der Waals surface area contributed by atoms with Gasteiger partial charge in [-0.15, -0.1) is 0 Å². The zero-order chi connectivity index (χ0) is 14.1. The van der Waals surface area contributed by atoms with Gasteiger partial charge >= 0.3 is 0 Å². The second-order valence-electron chi connectivity index (χ2n) is 6.63. The van der Waals surface area contributed by atoms with Crippen LogP contribution in [-0.2, 0) is 6.54 Å². The predicted octanol–water partition coefficient (Wildman–Crippen LogP) is 2.39. The van der Waals surface area contributed by atoms with Crippen molar-refractivity contribution in [3.63, 3.8) is 0 Å². The molecule has 3 nitrogen and oxygen atoms in total. The number of benzene rings is 1. The van der Waals surface area contributed by atoms with Gasteiger partial charge in [0.15, 0.2) is 0 Å². The Morgan fingerprint density at radius 1 is 1.25 bits per heavy atom. The predicted molar refractivity (Wildman–Crippen MR) is 85.3 cm³/mol. The average molecular weight is 273 g/mol. The van der Waals surface area contributed by atoms with E-state index < -0.39 is 0 Å². The maximum Gasteiger partial charge on any atom is 0.0396 e. The first-order valence-corrected chi connectivity index (χ1v) is 7.88. The molecule has 3 heteroatoms. The van der Waals surface area contributed by atoms with Crippen molar-refractivity contribution in [2.24, 2.45) is 0 Å². The molecule has 1 atom stereocenters. The molecule has 1 saturated heterocycles. The molecule has 0 radical (unpaired) electrons. The van der Waals surface area contributed by atoms with Crippen LogP contribution >= 0.6 is 0 Å². The summed E-state index contributed by atoms with van der Waals surface area (Å²) in [6, 6.07) is 8.45. The largest absolute Gasteiger partial charge is 0.370 e. The molecule has 1 heterocycles. The van der Waals surface area contributed by atoms with E-state index in [4.69, 9.17) is 0 Å². The van der Waals surface area contributed by atoms with Crippen LogP contribution in [0.1, 0.15) is 30.4 Å². The number of rotatable bonds is 5. The lowest BCUT2D eigenvalue weighted by molar-refractivity contribution is 0.315. The quantitative estimate of drug-likeness (QED) is 0.888. The lowest BCUT2D eigenvalue weighted by Crippen LogP contribution is -2.31. The molecule has 1 aliphatic carbocycles. The van der Waals surface area contributed by atoms with Crippen LogP contribution in [0.2, 0.25) is 0 Å². The Labute approximate surface area is 123 Å². The van der Waals surface area contributed by atoms with E-state index in [-0.39, 0.29) is 0 Å². The maximum absolute atomic E-state index is 3.59. The van der Waals surface area contributed by atoms with Crippen molar-refractivity contribution >= 4 is 5.69 Å². The summed E-state index contributed by atoms with van der Waals surface area (Å²) in [6.07, 6.45) is 3.99. The molecule has 1 N–H and O–H groups in total. The normalized spacial score (nSPS) is 22.8. The Balaban J connectivity index is 1.64. The van der Waals surface area contributed by atoms with Gasteiger partial charge in [0.05, 0.1) is 0 Å². The fraction of sp³-hybridized carbons (Fsp3) is 0.647. The molecule has 1 unspecified atom stereocenters. The van der Waals surface area contributed by atoms with E-state index in [0.29, 0.717) is 6.04 Å². The van der Waals surface area contributed by atoms with Gasteiger partial charge in [-0.3, -0.25) is 0 Å². The Bertz CT molecular complexity index is 465. The van der Waals surface area contributed by atoms with E-state index in [1.54, 1.807) is 0 Å². The second kappa shape index (κ2) is 5.74. The highest BCUT2D eigenvalue weighted by Crippen LogP contribution is 2.27. The highest BCUT2D eigenvalue weighted by Gasteiger charge is 2.25. The van der Waals surface area contributed by atoms with Gasteiger partial charge in [-0.25, -0.2) is 0 Å². The van der Waals surface area contributed by atoms with Gasteiger partial charge in [-0.05, 0) is 57.5 Å². The van der Waals surface area contributed by atoms with Crippen molar-refractivity contribution in [2.75, 3.05) is 32.1 Å². The molecule has 1 aromatic rings. The summed E-state index contributed by atoms with van der Waals surface area (Å²) in [5, 5.41) is 3.59. The molecule has 0 aromatic heterocycles. The second-order valence-corrected chi connectivity index (χ2v) is 6.63. The minimum atomic E-state index is 0.700. The van der Waals surface area contributed by atoms with Crippen molar-refractivity contribution in [1.29, 1.82) is 0 Å². The van der Waals surface area contributed by atoms with Gasteiger partial charge in [0.1, 0.15) is 0 Å². The molecule has 20 heavy (non-hydrogen) atoms. The van der Waals surface area contributed by atoms with Gasteiger partial charge in [0.2, 0.25) is 0 Å². The van der Waals surface area contributed by atoms with Crippen LogP contribution < -0.4 is 10.2 Å². The van der Waals surface area contributed by atoms with E-state index in [1.807, 2.05) is 0 Å². The Morgan fingerprint density at radius 3 is 2.65 bits per heavy atom. The molecular formula is C17H27N3. The topological polar surface area (TPSA) is 18.5 Å². The molecular weight excluding hydrogens is 246 g/mol. The van der Waals surface area contributed by atoms with Crippen molar-refractivity contribution in [1.82, 2.24) is 10.2 Å². The zero-order valence-electron chi connectivity index (χ0n) is 13.0. The van der Waals surface area contributed by atoms with Crippen LogP contribution in [0.4, 0.5) is 5.69 Å². The Hall–Kier alpha value is -1.06. The van der Waals surface area contributed by atoms with Crippen molar-refractivity contribution in [3.8, 4) is 0 Å². The van der Waals surface area contributed by atoms with E-state index in [0.717, 1.165) is 19.1 Å². The van der Waals surface area contributed by atoms with Crippen LogP contribution in [-0.4, -0.2) is 44.2 Å². The molecule has 2 fully saturated rings. The van der Waals surface area contributed by atoms with E-state index in [9.17, 15) is 0 Å². The van der Waals surface area contributed by atoms with Crippen LogP contribution in [0.15, 0.2) is 18.2 Å². The molecule has 110 valence electrons. The average Bonchev–Trinajstić information content (AvgIpc) is 3.11. The van der Waals surface area contributed by atoms with Gasteiger partial charge in [0.25, 0.3) is 0 Å². The monoisotopic (exact) mass is 273 g/mol. The SMILES string of the molecule is Cc1cc(CNC2CC2)ccc1N1CCC(N(C)C)C1. The minimum Gasteiger partial charge on any atom is -0.370 e. The van der Waals surface area contributed by atoms with Crippen LogP contribution in [0.3, 0.4) is 0 Å². The number of aryl methyl sites for hydroxylation is 1. The molecule has 0 spiro atoms. The molecule has 0 bridgehead atoms.